The number of amides is 2. The smallest absolute Gasteiger partial charge is 0.257 e. The zero-order valence-corrected chi connectivity index (χ0v) is 20.9. The largest absolute Gasteiger partial charge is 0.365 e. The first-order chi connectivity index (χ1) is 15.8. The van der Waals surface area contributed by atoms with Gasteiger partial charge in [0.1, 0.15) is 5.00 Å². The number of nitrogens with one attached hydrogen (secondary N) is 2. The van der Waals surface area contributed by atoms with Crippen LogP contribution >= 0.6 is 58.4 Å². The molecule has 0 aliphatic carbocycles. The van der Waals surface area contributed by atoms with E-state index in [1.807, 2.05) is 4.90 Å². The van der Waals surface area contributed by atoms with Gasteiger partial charge < -0.3 is 21.3 Å². The number of hydrogen-bond donors (Lipinski definition) is 3. The summed E-state index contributed by atoms with van der Waals surface area (Å²) in [6.45, 7) is 0.992. The van der Waals surface area contributed by atoms with Crippen molar-refractivity contribution in [3.8, 4) is 0 Å². The van der Waals surface area contributed by atoms with Crippen LogP contribution in [-0.2, 0) is 13.0 Å². The standard InChI is InChI=1S/C22H17Cl3N4O2S2/c23-13-5-2-1-4-11(13)20(31)28-21-17(19(26)30)12-8-9-29(10-16(12)33-21)22(32)27-18-14(24)6-3-7-15(18)25/h1-7H,8-10H2,(H2,26,30)(H,27,32)(H,28,31). The number of halogens is 3. The number of fused-ring (bicyclic) bond motifs is 1. The number of para-hydroxylation sites is 1. The Morgan fingerprint density at radius 1 is 1.00 bits per heavy atom. The van der Waals surface area contributed by atoms with Crippen molar-refractivity contribution in [2.45, 2.75) is 13.0 Å². The molecule has 1 aliphatic rings. The average Bonchev–Trinajstić information content (AvgIpc) is 3.13. The first-order valence-corrected chi connectivity index (χ1v) is 12.1. The van der Waals surface area contributed by atoms with E-state index in [2.05, 4.69) is 10.6 Å². The van der Waals surface area contributed by atoms with E-state index in [4.69, 9.17) is 52.8 Å². The number of hydrogen-bond acceptors (Lipinski definition) is 4. The van der Waals surface area contributed by atoms with E-state index in [0.717, 1.165) is 10.4 Å². The van der Waals surface area contributed by atoms with Gasteiger partial charge in [-0.15, -0.1) is 11.3 Å². The number of primary amides is 1. The van der Waals surface area contributed by atoms with Gasteiger partial charge in [0, 0.05) is 11.4 Å². The molecule has 2 aromatic carbocycles. The number of thiophene rings is 1. The molecule has 0 unspecified atom stereocenters. The number of rotatable bonds is 4. The number of nitrogens with two attached hydrogens (primary N) is 1. The monoisotopic (exact) mass is 538 g/mol. The zero-order chi connectivity index (χ0) is 23.7. The van der Waals surface area contributed by atoms with Crippen LogP contribution in [0, 0.1) is 0 Å². The maximum atomic E-state index is 12.8. The minimum Gasteiger partial charge on any atom is -0.365 e. The van der Waals surface area contributed by atoms with Gasteiger partial charge in [-0.1, -0.05) is 53.0 Å². The number of carbonyl (C=O) groups is 2. The molecule has 0 atom stereocenters. The molecule has 0 saturated heterocycles. The SMILES string of the molecule is NC(=O)c1c(NC(=O)c2ccccc2Cl)sc2c1CCN(C(=S)Nc1c(Cl)cccc1Cl)C2. The summed E-state index contributed by atoms with van der Waals surface area (Å²) >= 11 is 25.5. The molecule has 4 N–H and O–H groups in total. The fraction of sp³-hybridized carbons (Fsp3) is 0.136. The second-order valence-electron chi connectivity index (χ2n) is 7.20. The van der Waals surface area contributed by atoms with E-state index in [1.54, 1.807) is 42.5 Å². The number of carbonyl (C=O) groups excluding carboxylic acids is 2. The summed E-state index contributed by atoms with van der Waals surface area (Å²) in [4.78, 5) is 27.8. The molecule has 0 radical (unpaired) electrons. The lowest BCUT2D eigenvalue weighted by molar-refractivity contribution is 0.1000. The minimum atomic E-state index is -0.598. The van der Waals surface area contributed by atoms with Crippen LogP contribution in [0.15, 0.2) is 42.5 Å². The Kier molecular flexibility index (Phi) is 7.11. The fourth-order valence-corrected chi connectivity index (χ4v) is 5.78. The predicted molar refractivity (Wildman–Crippen MR) is 139 cm³/mol. The van der Waals surface area contributed by atoms with Gasteiger partial charge in [0.15, 0.2) is 5.11 Å². The van der Waals surface area contributed by atoms with Gasteiger partial charge in [-0.25, -0.2) is 0 Å². The van der Waals surface area contributed by atoms with Crippen LogP contribution in [0.3, 0.4) is 0 Å². The summed E-state index contributed by atoms with van der Waals surface area (Å²) in [5.74, 6) is -1.01. The number of benzene rings is 2. The quantitative estimate of drug-likeness (QED) is 0.364. The maximum Gasteiger partial charge on any atom is 0.257 e. The molecule has 3 aromatic rings. The Bertz CT molecular complexity index is 1260. The molecule has 11 heteroatoms. The molecule has 1 aliphatic heterocycles. The van der Waals surface area contributed by atoms with E-state index >= 15 is 0 Å². The van der Waals surface area contributed by atoms with Gasteiger partial charge in [0.05, 0.1) is 38.4 Å². The molecule has 4 rings (SSSR count). The lowest BCUT2D eigenvalue weighted by Crippen LogP contribution is -2.38. The maximum absolute atomic E-state index is 12.8. The number of anilines is 2. The lowest BCUT2D eigenvalue weighted by Gasteiger charge is -2.30. The van der Waals surface area contributed by atoms with Crippen LogP contribution < -0.4 is 16.4 Å². The Morgan fingerprint density at radius 3 is 2.33 bits per heavy atom. The normalized spacial score (nSPS) is 12.8. The van der Waals surface area contributed by atoms with Crippen molar-refractivity contribution in [3.63, 3.8) is 0 Å². The molecular weight excluding hydrogens is 523 g/mol. The van der Waals surface area contributed by atoms with Crippen LogP contribution in [0.1, 0.15) is 31.2 Å². The van der Waals surface area contributed by atoms with Crippen molar-refractivity contribution < 1.29 is 9.59 Å². The van der Waals surface area contributed by atoms with Crippen molar-refractivity contribution >= 4 is 86.0 Å². The van der Waals surface area contributed by atoms with Gasteiger partial charge in [-0.05, 0) is 48.5 Å². The summed E-state index contributed by atoms with van der Waals surface area (Å²) in [5, 5.41) is 7.98. The highest BCUT2D eigenvalue weighted by Crippen LogP contribution is 2.38. The molecule has 0 spiro atoms. The number of nitrogens with zero attached hydrogens (tertiary/aromatic N) is 1. The molecule has 0 saturated carbocycles. The van der Waals surface area contributed by atoms with E-state index in [-0.39, 0.29) is 0 Å². The Morgan fingerprint density at radius 2 is 1.67 bits per heavy atom. The zero-order valence-electron chi connectivity index (χ0n) is 17.0. The average molecular weight is 540 g/mol. The lowest BCUT2D eigenvalue weighted by atomic mass is 10.0. The third-order valence-electron chi connectivity index (χ3n) is 5.13. The van der Waals surface area contributed by atoms with Crippen molar-refractivity contribution in [2.24, 2.45) is 5.73 Å². The molecule has 1 aromatic heterocycles. The van der Waals surface area contributed by atoms with Gasteiger partial charge in [0.2, 0.25) is 0 Å². The second kappa shape index (κ2) is 9.87. The van der Waals surface area contributed by atoms with Gasteiger partial charge in [-0.3, -0.25) is 9.59 Å². The van der Waals surface area contributed by atoms with E-state index in [9.17, 15) is 9.59 Å². The Labute approximate surface area is 214 Å². The molecule has 6 nitrogen and oxygen atoms in total. The third-order valence-corrected chi connectivity index (χ3v) is 7.58. The van der Waals surface area contributed by atoms with Crippen molar-refractivity contribution in [2.75, 3.05) is 17.2 Å². The topological polar surface area (TPSA) is 87.5 Å². The predicted octanol–water partition coefficient (Wildman–Crippen LogP) is 5.81. The van der Waals surface area contributed by atoms with Crippen LogP contribution in [0.5, 0.6) is 0 Å². The van der Waals surface area contributed by atoms with Crippen LogP contribution in [0.2, 0.25) is 15.1 Å². The number of thiocarbonyl (C=S) groups is 1. The molecule has 2 heterocycles. The first-order valence-electron chi connectivity index (χ1n) is 9.76. The molecule has 0 fully saturated rings. The van der Waals surface area contributed by atoms with Crippen LogP contribution in [0.4, 0.5) is 10.7 Å². The molecular formula is C22H17Cl3N4O2S2. The summed E-state index contributed by atoms with van der Waals surface area (Å²) in [6.07, 6.45) is 0.532. The van der Waals surface area contributed by atoms with Gasteiger partial charge in [-0.2, -0.15) is 0 Å². The Hall–Kier alpha value is -2.36. The summed E-state index contributed by atoms with van der Waals surface area (Å²) in [5.41, 5.74) is 7.65. The van der Waals surface area contributed by atoms with Crippen molar-refractivity contribution in [3.05, 3.63) is 79.1 Å². The molecule has 0 bridgehead atoms. The highest BCUT2D eigenvalue weighted by Gasteiger charge is 2.29. The van der Waals surface area contributed by atoms with Crippen molar-refractivity contribution in [1.29, 1.82) is 0 Å². The van der Waals surface area contributed by atoms with Crippen molar-refractivity contribution in [1.82, 2.24) is 4.90 Å². The van der Waals surface area contributed by atoms with E-state index in [0.29, 0.717) is 61.5 Å². The van der Waals surface area contributed by atoms with Gasteiger partial charge in [0.25, 0.3) is 11.8 Å². The van der Waals surface area contributed by atoms with Crippen LogP contribution in [-0.4, -0.2) is 28.4 Å². The third kappa shape index (κ3) is 4.95. The van der Waals surface area contributed by atoms with E-state index < -0.39 is 11.8 Å². The summed E-state index contributed by atoms with van der Waals surface area (Å²) in [7, 11) is 0. The molecule has 33 heavy (non-hydrogen) atoms. The second-order valence-corrected chi connectivity index (χ2v) is 9.92. The summed E-state index contributed by atoms with van der Waals surface area (Å²) in [6, 6.07) is 11.9. The minimum absolute atomic E-state index is 0.310. The van der Waals surface area contributed by atoms with E-state index in [1.165, 1.54) is 11.3 Å². The molecule has 2 amide bonds. The molecule has 170 valence electrons. The van der Waals surface area contributed by atoms with Gasteiger partial charge >= 0.3 is 0 Å². The fourth-order valence-electron chi connectivity index (χ4n) is 3.54. The highest BCUT2D eigenvalue weighted by molar-refractivity contribution is 7.80. The summed E-state index contributed by atoms with van der Waals surface area (Å²) < 4.78 is 0. The first kappa shape index (κ1) is 23.8. The highest BCUT2D eigenvalue weighted by atomic mass is 35.5. The van der Waals surface area contributed by atoms with Crippen LogP contribution in [0.25, 0.3) is 0 Å². The Balaban J connectivity index is 1.57.